The largest absolute Gasteiger partial charge is 0.492 e. The van der Waals surface area contributed by atoms with E-state index in [-0.39, 0.29) is 11.8 Å². The molecule has 0 saturated heterocycles. The average Bonchev–Trinajstić information content (AvgIpc) is 2.69. The number of nitrogens with zero attached hydrogens (tertiary/aromatic N) is 1. The minimum atomic E-state index is -0.280. The van der Waals surface area contributed by atoms with Crippen molar-refractivity contribution in [1.29, 1.82) is 0 Å². The molecule has 1 aliphatic rings. The van der Waals surface area contributed by atoms with Gasteiger partial charge >= 0.3 is 0 Å². The van der Waals surface area contributed by atoms with E-state index in [1.54, 1.807) is 7.05 Å². The third-order valence-corrected chi connectivity index (χ3v) is 3.13. The number of ether oxygens (including phenoxy) is 1. The Balaban J connectivity index is 2.29. The van der Waals surface area contributed by atoms with Crippen molar-refractivity contribution in [2.45, 2.75) is 5.92 Å². The number of halogens is 1. The predicted octanol–water partition coefficient (Wildman–Crippen LogP) is 1.94. The lowest BCUT2D eigenvalue weighted by molar-refractivity contribution is -0.170. The van der Waals surface area contributed by atoms with Crippen LogP contribution >= 0.6 is 15.9 Å². The second-order valence-electron chi connectivity index (χ2n) is 3.56. The molecule has 1 aliphatic heterocycles. The van der Waals surface area contributed by atoms with E-state index in [0.29, 0.717) is 6.61 Å². The van der Waals surface area contributed by atoms with Crippen LogP contribution in [0.1, 0.15) is 11.5 Å². The maximum absolute atomic E-state index is 12.0. The van der Waals surface area contributed by atoms with Gasteiger partial charge in [0.1, 0.15) is 18.3 Å². The zero-order valence-corrected chi connectivity index (χ0v) is 10.7. The van der Waals surface area contributed by atoms with Crippen LogP contribution in [0.5, 0.6) is 5.75 Å². The molecule has 1 atom stereocenters. The van der Waals surface area contributed by atoms with Crippen LogP contribution in [0.2, 0.25) is 0 Å². The van der Waals surface area contributed by atoms with Gasteiger partial charge in [-0.15, -0.1) is 0 Å². The van der Waals surface area contributed by atoms with Gasteiger partial charge in [0.25, 0.3) is 5.91 Å². The lowest BCUT2D eigenvalue weighted by Gasteiger charge is -2.17. The molecule has 5 heteroatoms. The van der Waals surface area contributed by atoms with Crippen LogP contribution in [0, 0.1) is 0 Å². The highest BCUT2D eigenvalue weighted by atomic mass is 79.9. The molecular weight excluding hydrogens is 274 g/mol. The number of fused-ring (bicyclic) bond motifs is 1. The first kappa shape index (κ1) is 11.4. The molecule has 1 heterocycles. The molecule has 1 amide bonds. The molecule has 0 fully saturated rings. The number of carbonyl (C=O) groups is 1. The zero-order valence-electron chi connectivity index (χ0n) is 9.07. The Morgan fingerprint density at radius 1 is 1.62 bits per heavy atom. The molecule has 0 saturated carbocycles. The molecule has 0 unspecified atom stereocenters. The Labute approximate surface area is 102 Å². The van der Waals surface area contributed by atoms with Gasteiger partial charge in [-0.3, -0.25) is 9.63 Å². The van der Waals surface area contributed by atoms with Crippen molar-refractivity contribution in [1.82, 2.24) is 5.06 Å². The zero-order chi connectivity index (χ0) is 11.7. The Bertz CT molecular complexity index is 422. The molecule has 0 radical (unpaired) electrons. The quantitative estimate of drug-likeness (QED) is 0.780. The normalized spacial score (nSPS) is 17.8. The van der Waals surface area contributed by atoms with Crippen molar-refractivity contribution in [3.05, 3.63) is 28.2 Å². The maximum Gasteiger partial charge on any atom is 0.256 e. The highest BCUT2D eigenvalue weighted by Crippen LogP contribution is 2.36. The summed E-state index contributed by atoms with van der Waals surface area (Å²) in [6.07, 6.45) is 0. The summed E-state index contributed by atoms with van der Waals surface area (Å²) in [4.78, 5) is 16.8. The van der Waals surface area contributed by atoms with Gasteiger partial charge in [-0.05, 0) is 18.2 Å². The first-order valence-corrected chi connectivity index (χ1v) is 5.66. The van der Waals surface area contributed by atoms with Gasteiger partial charge in [0.05, 0.1) is 7.11 Å². The highest BCUT2D eigenvalue weighted by Gasteiger charge is 2.32. The second kappa shape index (κ2) is 4.43. The molecular formula is C11H12BrNO3. The van der Waals surface area contributed by atoms with Gasteiger partial charge < -0.3 is 4.74 Å². The fourth-order valence-corrected chi connectivity index (χ4v) is 2.08. The summed E-state index contributed by atoms with van der Waals surface area (Å²) in [7, 11) is 3.06. The second-order valence-corrected chi connectivity index (χ2v) is 4.48. The molecule has 0 N–H and O–H groups in total. The summed E-state index contributed by atoms with van der Waals surface area (Å²) in [6, 6.07) is 5.67. The predicted molar refractivity (Wildman–Crippen MR) is 62.2 cm³/mol. The van der Waals surface area contributed by atoms with E-state index in [4.69, 9.17) is 9.57 Å². The van der Waals surface area contributed by atoms with Gasteiger partial charge in [-0.25, -0.2) is 5.06 Å². The molecule has 16 heavy (non-hydrogen) atoms. The van der Waals surface area contributed by atoms with Gasteiger partial charge in [-0.2, -0.15) is 0 Å². The standard InChI is InChI=1S/C11H12BrNO3/c1-13(15-2)11(14)9-6-16-10-4-3-7(12)5-8(9)10/h3-5,9H,6H2,1-2H3/t9-/m1/s1. The first-order valence-electron chi connectivity index (χ1n) is 4.87. The molecule has 0 bridgehead atoms. The van der Waals surface area contributed by atoms with Crippen LogP contribution in [0.15, 0.2) is 22.7 Å². The molecule has 1 aromatic carbocycles. The fourth-order valence-electron chi connectivity index (χ4n) is 1.70. The van der Waals surface area contributed by atoms with Crippen LogP contribution in [0.4, 0.5) is 0 Å². The topological polar surface area (TPSA) is 38.8 Å². The summed E-state index contributed by atoms with van der Waals surface area (Å²) in [5, 5.41) is 1.23. The molecule has 0 aliphatic carbocycles. The van der Waals surface area contributed by atoms with Crippen molar-refractivity contribution in [2.24, 2.45) is 0 Å². The van der Waals surface area contributed by atoms with Crippen LogP contribution in [0.25, 0.3) is 0 Å². The van der Waals surface area contributed by atoms with E-state index >= 15 is 0 Å². The molecule has 0 spiro atoms. The number of hydrogen-bond donors (Lipinski definition) is 0. The molecule has 86 valence electrons. The van der Waals surface area contributed by atoms with Crippen molar-refractivity contribution in [3.63, 3.8) is 0 Å². The number of rotatable bonds is 2. The summed E-state index contributed by atoms with van der Waals surface area (Å²) in [5.74, 6) is 0.392. The lowest BCUT2D eigenvalue weighted by atomic mass is 10.0. The summed E-state index contributed by atoms with van der Waals surface area (Å²) < 4.78 is 6.40. The van der Waals surface area contributed by atoms with E-state index in [1.165, 1.54) is 12.2 Å². The van der Waals surface area contributed by atoms with Crippen LogP contribution < -0.4 is 4.74 Å². The van der Waals surface area contributed by atoms with E-state index in [2.05, 4.69) is 15.9 Å². The number of likely N-dealkylation sites (N-methyl/N-ethyl adjacent to an activating group) is 1. The lowest BCUT2D eigenvalue weighted by Crippen LogP contribution is -2.31. The average molecular weight is 286 g/mol. The molecule has 2 rings (SSSR count). The Hall–Kier alpha value is -1.07. The molecule has 1 aromatic rings. The summed E-state index contributed by atoms with van der Waals surface area (Å²) in [5.41, 5.74) is 0.906. The van der Waals surface area contributed by atoms with Crippen molar-refractivity contribution < 1.29 is 14.4 Å². The number of carbonyl (C=O) groups excluding carboxylic acids is 1. The summed E-state index contributed by atoms with van der Waals surface area (Å²) in [6.45, 7) is 0.373. The smallest absolute Gasteiger partial charge is 0.256 e. The monoisotopic (exact) mass is 285 g/mol. The first-order chi connectivity index (χ1) is 7.63. The van der Waals surface area contributed by atoms with E-state index in [9.17, 15) is 4.79 Å². The van der Waals surface area contributed by atoms with E-state index in [1.807, 2.05) is 18.2 Å². The number of benzene rings is 1. The summed E-state index contributed by atoms with van der Waals surface area (Å²) >= 11 is 3.38. The van der Waals surface area contributed by atoms with Crippen molar-refractivity contribution >= 4 is 21.8 Å². The van der Waals surface area contributed by atoms with Crippen molar-refractivity contribution in [3.8, 4) is 5.75 Å². The highest BCUT2D eigenvalue weighted by molar-refractivity contribution is 9.10. The third-order valence-electron chi connectivity index (χ3n) is 2.64. The van der Waals surface area contributed by atoms with Crippen LogP contribution in [0.3, 0.4) is 0 Å². The molecule has 0 aromatic heterocycles. The minimum absolute atomic E-state index is 0.0978. The van der Waals surface area contributed by atoms with Gasteiger partial charge in [0.15, 0.2) is 0 Å². The maximum atomic E-state index is 12.0. The van der Waals surface area contributed by atoms with E-state index in [0.717, 1.165) is 15.8 Å². The number of amides is 1. The van der Waals surface area contributed by atoms with Crippen molar-refractivity contribution in [2.75, 3.05) is 20.8 Å². The Morgan fingerprint density at radius 2 is 2.38 bits per heavy atom. The van der Waals surface area contributed by atoms with Crippen LogP contribution in [-0.2, 0) is 9.63 Å². The third kappa shape index (κ3) is 1.92. The van der Waals surface area contributed by atoms with E-state index < -0.39 is 0 Å². The Kier molecular flexibility index (Phi) is 3.16. The Morgan fingerprint density at radius 3 is 3.06 bits per heavy atom. The van der Waals surface area contributed by atoms with Gasteiger partial charge in [-0.1, -0.05) is 15.9 Å². The minimum Gasteiger partial charge on any atom is -0.492 e. The number of hydroxylamine groups is 2. The molecule has 4 nitrogen and oxygen atoms in total. The van der Waals surface area contributed by atoms with Crippen LogP contribution in [-0.4, -0.2) is 31.7 Å². The SMILES string of the molecule is CON(C)C(=O)[C@@H]1COc2ccc(Br)cc21. The van der Waals surface area contributed by atoms with Gasteiger partial charge in [0.2, 0.25) is 0 Å². The van der Waals surface area contributed by atoms with Gasteiger partial charge in [0, 0.05) is 17.1 Å². The number of hydrogen-bond acceptors (Lipinski definition) is 3. The fraction of sp³-hybridized carbons (Fsp3) is 0.364.